The Kier molecular flexibility index (Phi) is 7.25. The van der Waals surface area contributed by atoms with E-state index in [2.05, 4.69) is 41.5 Å². The molecule has 0 spiro atoms. The largest absolute Gasteiger partial charge is 0.415 e. The molecule has 0 fully saturated rings. The summed E-state index contributed by atoms with van der Waals surface area (Å²) in [6, 6.07) is 0. The molecule has 0 N–H and O–H groups in total. The van der Waals surface area contributed by atoms with E-state index in [0.29, 0.717) is 23.2 Å². The van der Waals surface area contributed by atoms with Gasteiger partial charge in [0.15, 0.2) is 8.32 Å². The maximum Gasteiger partial charge on any atom is 0.200 e. The predicted octanol–water partition coefficient (Wildman–Crippen LogP) is 4.40. The van der Waals surface area contributed by atoms with Crippen LogP contribution < -0.4 is 0 Å². The predicted molar refractivity (Wildman–Crippen MR) is 76.8 cm³/mol. The zero-order valence-electron chi connectivity index (χ0n) is 12.6. The van der Waals surface area contributed by atoms with Gasteiger partial charge in [0.25, 0.3) is 0 Å². The zero-order chi connectivity index (χ0) is 13.6. The fraction of sp³-hybridized carbons (Fsp3) is 0.929. The molecule has 0 radical (unpaired) electrons. The van der Waals surface area contributed by atoms with Gasteiger partial charge in [-0.2, -0.15) is 0 Å². The first kappa shape index (κ1) is 16.8. The van der Waals surface area contributed by atoms with Crippen LogP contribution in [-0.2, 0) is 9.22 Å². The molecule has 0 saturated carbocycles. The van der Waals surface area contributed by atoms with E-state index in [0.717, 1.165) is 12.7 Å². The van der Waals surface area contributed by atoms with Crippen molar-refractivity contribution in [3.05, 3.63) is 0 Å². The fourth-order valence-corrected chi connectivity index (χ4v) is 8.51. The summed E-state index contributed by atoms with van der Waals surface area (Å²) in [4.78, 5) is 10.9. The molecule has 102 valence electrons. The van der Waals surface area contributed by atoms with E-state index in [-0.39, 0.29) is 5.92 Å². The van der Waals surface area contributed by atoms with Crippen LogP contribution in [0.4, 0.5) is 0 Å². The molecule has 0 heterocycles. The Hall–Kier alpha value is -0.153. The van der Waals surface area contributed by atoms with Gasteiger partial charge in [-0.05, 0) is 23.0 Å². The molecule has 0 aliphatic rings. The van der Waals surface area contributed by atoms with Crippen LogP contribution in [0.2, 0.25) is 16.6 Å². The monoisotopic (exact) mass is 258 g/mol. The topological polar surface area (TPSA) is 26.3 Å². The standard InChI is InChI=1S/C14H30O2Si/c1-8-14(9-15)10-16-17(11(2)3,12(4)5)13(6)7/h9,11-14H,8,10H2,1-7H3/t14-/m1/s1. The molecule has 3 heteroatoms. The summed E-state index contributed by atoms with van der Waals surface area (Å²) < 4.78 is 6.37. The van der Waals surface area contributed by atoms with E-state index in [1.165, 1.54) is 0 Å². The summed E-state index contributed by atoms with van der Waals surface area (Å²) in [6.07, 6.45) is 1.92. The summed E-state index contributed by atoms with van der Waals surface area (Å²) in [5.74, 6) is 0.0677. The summed E-state index contributed by atoms with van der Waals surface area (Å²) in [5.41, 5.74) is 1.77. The van der Waals surface area contributed by atoms with Crippen molar-refractivity contribution in [2.45, 2.75) is 71.5 Å². The van der Waals surface area contributed by atoms with Crippen LogP contribution in [0, 0.1) is 5.92 Å². The van der Waals surface area contributed by atoms with Crippen molar-refractivity contribution in [3.63, 3.8) is 0 Å². The Morgan fingerprint density at radius 3 is 1.65 bits per heavy atom. The first-order valence-electron chi connectivity index (χ1n) is 6.92. The normalized spacial score (nSPS) is 14.7. The minimum atomic E-state index is -1.78. The first-order chi connectivity index (χ1) is 7.82. The second-order valence-electron chi connectivity index (χ2n) is 5.93. The zero-order valence-corrected chi connectivity index (χ0v) is 13.6. The molecule has 0 aromatic carbocycles. The smallest absolute Gasteiger partial charge is 0.200 e. The lowest BCUT2D eigenvalue weighted by Crippen LogP contribution is -2.48. The highest BCUT2D eigenvalue weighted by Gasteiger charge is 2.45. The molecule has 0 rings (SSSR count). The second-order valence-corrected chi connectivity index (χ2v) is 11.4. The molecular formula is C14H30O2Si. The molecule has 17 heavy (non-hydrogen) atoms. The van der Waals surface area contributed by atoms with Crippen LogP contribution in [0.5, 0.6) is 0 Å². The minimum absolute atomic E-state index is 0.0677. The van der Waals surface area contributed by atoms with E-state index >= 15 is 0 Å². The van der Waals surface area contributed by atoms with Crippen LogP contribution in [0.25, 0.3) is 0 Å². The van der Waals surface area contributed by atoms with Crippen molar-refractivity contribution in [2.75, 3.05) is 6.61 Å². The van der Waals surface area contributed by atoms with E-state index in [4.69, 9.17) is 4.43 Å². The minimum Gasteiger partial charge on any atom is -0.415 e. The molecule has 0 aliphatic carbocycles. The molecule has 0 aliphatic heterocycles. The Morgan fingerprint density at radius 1 is 1.00 bits per heavy atom. The highest BCUT2D eigenvalue weighted by molar-refractivity contribution is 6.77. The van der Waals surface area contributed by atoms with Crippen molar-refractivity contribution in [1.29, 1.82) is 0 Å². The first-order valence-corrected chi connectivity index (χ1v) is 9.06. The van der Waals surface area contributed by atoms with E-state index < -0.39 is 8.32 Å². The Bertz CT molecular complexity index is 202. The van der Waals surface area contributed by atoms with E-state index in [1.54, 1.807) is 0 Å². The highest BCUT2D eigenvalue weighted by Crippen LogP contribution is 2.42. The summed E-state index contributed by atoms with van der Waals surface area (Å²) in [7, 11) is -1.78. The quantitative estimate of drug-likeness (QED) is 0.476. The Morgan fingerprint density at radius 2 is 1.41 bits per heavy atom. The van der Waals surface area contributed by atoms with Gasteiger partial charge in [-0.15, -0.1) is 0 Å². The number of hydrogen-bond donors (Lipinski definition) is 0. The summed E-state index contributed by atoms with van der Waals surface area (Å²) in [5, 5.41) is 0. The molecule has 0 bridgehead atoms. The maximum absolute atomic E-state index is 10.9. The van der Waals surface area contributed by atoms with Crippen LogP contribution in [0.3, 0.4) is 0 Å². The lowest BCUT2D eigenvalue weighted by molar-refractivity contribution is -0.112. The average Bonchev–Trinajstić information content (AvgIpc) is 2.23. The summed E-state index contributed by atoms with van der Waals surface area (Å²) in [6.45, 7) is 16.3. The molecule has 0 aromatic rings. The van der Waals surface area contributed by atoms with Gasteiger partial charge >= 0.3 is 0 Å². The molecule has 0 amide bonds. The van der Waals surface area contributed by atoms with Crippen LogP contribution in [0.1, 0.15) is 54.9 Å². The molecule has 0 aromatic heterocycles. The SMILES string of the molecule is CC[C@H](C=O)CO[Si](C(C)C)(C(C)C)C(C)C. The van der Waals surface area contributed by atoms with Gasteiger partial charge in [0.2, 0.25) is 0 Å². The molecule has 0 saturated heterocycles. The third kappa shape index (κ3) is 3.92. The van der Waals surface area contributed by atoms with Gasteiger partial charge in [-0.1, -0.05) is 48.5 Å². The van der Waals surface area contributed by atoms with E-state index in [1.807, 2.05) is 6.92 Å². The van der Waals surface area contributed by atoms with Crippen molar-refractivity contribution in [2.24, 2.45) is 5.92 Å². The van der Waals surface area contributed by atoms with Gasteiger partial charge in [0.1, 0.15) is 6.29 Å². The number of carbonyl (C=O) groups excluding carboxylic acids is 1. The van der Waals surface area contributed by atoms with Crippen molar-refractivity contribution in [1.82, 2.24) is 0 Å². The van der Waals surface area contributed by atoms with Crippen molar-refractivity contribution >= 4 is 14.6 Å². The average molecular weight is 258 g/mol. The maximum atomic E-state index is 10.9. The van der Waals surface area contributed by atoms with Crippen molar-refractivity contribution in [3.8, 4) is 0 Å². The molecule has 0 unspecified atom stereocenters. The second kappa shape index (κ2) is 7.32. The number of rotatable bonds is 8. The van der Waals surface area contributed by atoms with Gasteiger partial charge < -0.3 is 9.22 Å². The van der Waals surface area contributed by atoms with Crippen molar-refractivity contribution < 1.29 is 9.22 Å². The number of aldehydes is 1. The molecule has 2 nitrogen and oxygen atoms in total. The van der Waals surface area contributed by atoms with Gasteiger partial charge in [0.05, 0.1) is 0 Å². The molecule has 1 atom stereocenters. The lowest BCUT2D eigenvalue weighted by Gasteiger charge is -2.42. The van der Waals surface area contributed by atoms with Gasteiger partial charge in [-0.25, -0.2) is 0 Å². The van der Waals surface area contributed by atoms with Crippen LogP contribution in [0.15, 0.2) is 0 Å². The highest BCUT2D eigenvalue weighted by atomic mass is 28.4. The Labute approximate surface area is 108 Å². The number of hydrogen-bond acceptors (Lipinski definition) is 2. The van der Waals surface area contributed by atoms with E-state index in [9.17, 15) is 4.79 Å². The fourth-order valence-electron chi connectivity index (χ4n) is 3.00. The summed E-state index contributed by atoms with van der Waals surface area (Å²) >= 11 is 0. The van der Waals surface area contributed by atoms with Gasteiger partial charge in [-0.3, -0.25) is 0 Å². The third-order valence-corrected chi connectivity index (χ3v) is 10.1. The lowest BCUT2D eigenvalue weighted by atomic mass is 10.1. The van der Waals surface area contributed by atoms with Crippen LogP contribution >= 0.6 is 0 Å². The Balaban J connectivity index is 4.87. The molecular weight excluding hydrogens is 228 g/mol. The number of carbonyl (C=O) groups is 1. The van der Waals surface area contributed by atoms with Crippen LogP contribution in [-0.4, -0.2) is 21.2 Å². The van der Waals surface area contributed by atoms with Gasteiger partial charge in [0, 0.05) is 12.5 Å². The third-order valence-electron chi connectivity index (χ3n) is 3.97.